The van der Waals surface area contributed by atoms with Gasteiger partial charge < -0.3 is 15.8 Å². The minimum Gasteiger partial charge on any atom is -0.494 e. The lowest BCUT2D eigenvalue weighted by molar-refractivity contribution is 0.102. The van der Waals surface area contributed by atoms with Crippen molar-refractivity contribution in [3.63, 3.8) is 0 Å². The van der Waals surface area contributed by atoms with Crippen molar-refractivity contribution in [3.8, 4) is 5.75 Å². The Morgan fingerprint density at radius 3 is 2.65 bits per heavy atom. The number of rotatable bonds is 3. The molecule has 0 radical (unpaired) electrons. The smallest absolute Gasteiger partial charge is 0.259 e. The van der Waals surface area contributed by atoms with E-state index in [-0.39, 0.29) is 22.2 Å². The third-order valence-corrected chi connectivity index (χ3v) is 3.10. The van der Waals surface area contributed by atoms with Crippen LogP contribution < -0.4 is 15.8 Å². The molecule has 4 nitrogen and oxygen atoms in total. The number of nitrogens with two attached hydrogens (primary N) is 1. The number of benzene rings is 2. The highest BCUT2D eigenvalue weighted by Gasteiger charge is 2.17. The lowest BCUT2D eigenvalue weighted by Crippen LogP contribution is -2.13. The molecule has 20 heavy (non-hydrogen) atoms. The van der Waals surface area contributed by atoms with Gasteiger partial charge in [-0.2, -0.15) is 0 Å². The van der Waals surface area contributed by atoms with Gasteiger partial charge in [-0.05, 0) is 30.3 Å². The van der Waals surface area contributed by atoms with Crippen LogP contribution in [0.25, 0.3) is 0 Å². The first kappa shape index (κ1) is 14.5. The summed E-state index contributed by atoms with van der Waals surface area (Å²) in [5.74, 6) is -0.102. The molecular formula is C14H12Cl2N2O2. The summed E-state index contributed by atoms with van der Waals surface area (Å²) in [6.45, 7) is 0. The van der Waals surface area contributed by atoms with Crippen molar-refractivity contribution in [1.82, 2.24) is 0 Å². The minimum absolute atomic E-state index is 0.257. The standard InChI is InChI=1S/C14H12Cl2N2O2/c1-20-13-11(5-8(15)6-12(13)16)14(19)18-10-4-2-3-9(17)7-10/h2-7H,17H2,1H3,(H,18,19). The Balaban J connectivity index is 2.34. The van der Waals surface area contributed by atoms with E-state index in [2.05, 4.69) is 5.32 Å². The number of methoxy groups -OCH3 is 1. The van der Waals surface area contributed by atoms with Crippen LogP contribution in [0.5, 0.6) is 5.75 Å². The van der Waals surface area contributed by atoms with Gasteiger partial charge >= 0.3 is 0 Å². The molecule has 0 aliphatic carbocycles. The van der Waals surface area contributed by atoms with Crippen molar-refractivity contribution in [2.45, 2.75) is 0 Å². The second-order valence-corrected chi connectivity index (χ2v) is 4.89. The van der Waals surface area contributed by atoms with Crippen LogP contribution in [-0.4, -0.2) is 13.0 Å². The number of carbonyl (C=O) groups excluding carboxylic acids is 1. The van der Waals surface area contributed by atoms with Crippen molar-refractivity contribution in [1.29, 1.82) is 0 Å². The Morgan fingerprint density at radius 2 is 2.00 bits per heavy atom. The normalized spacial score (nSPS) is 10.2. The van der Waals surface area contributed by atoms with Crippen molar-refractivity contribution >= 4 is 40.5 Å². The van der Waals surface area contributed by atoms with Gasteiger partial charge in [0.05, 0.1) is 17.7 Å². The van der Waals surface area contributed by atoms with E-state index in [1.165, 1.54) is 19.2 Å². The maximum Gasteiger partial charge on any atom is 0.259 e. The number of nitrogens with one attached hydrogen (secondary N) is 1. The van der Waals surface area contributed by atoms with Gasteiger partial charge in [0, 0.05) is 16.4 Å². The molecule has 0 atom stereocenters. The molecule has 0 fully saturated rings. The van der Waals surface area contributed by atoms with Crippen LogP contribution in [0.1, 0.15) is 10.4 Å². The third kappa shape index (κ3) is 3.15. The Hall–Kier alpha value is -1.91. The van der Waals surface area contributed by atoms with Crippen molar-refractivity contribution < 1.29 is 9.53 Å². The fourth-order valence-electron chi connectivity index (χ4n) is 1.75. The summed E-state index contributed by atoms with van der Waals surface area (Å²) in [4.78, 5) is 12.3. The molecule has 3 N–H and O–H groups in total. The number of nitrogen functional groups attached to an aromatic ring is 1. The molecule has 0 aliphatic rings. The SMILES string of the molecule is COc1c(Cl)cc(Cl)cc1C(=O)Nc1cccc(N)c1. The van der Waals surface area contributed by atoms with Crippen LogP contribution in [0.15, 0.2) is 36.4 Å². The lowest BCUT2D eigenvalue weighted by Gasteiger charge is -2.11. The summed E-state index contributed by atoms with van der Waals surface area (Å²) in [6, 6.07) is 9.86. The summed E-state index contributed by atoms with van der Waals surface area (Å²) >= 11 is 11.9. The average molecular weight is 311 g/mol. The molecule has 2 aromatic carbocycles. The Bertz CT molecular complexity index is 660. The zero-order valence-electron chi connectivity index (χ0n) is 10.6. The van der Waals surface area contributed by atoms with Crippen molar-refractivity contribution in [3.05, 3.63) is 52.0 Å². The highest BCUT2D eigenvalue weighted by atomic mass is 35.5. The molecule has 104 valence electrons. The van der Waals surface area contributed by atoms with E-state index >= 15 is 0 Å². The van der Waals surface area contributed by atoms with E-state index in [9.17, 15) is 4.79 Å². The Kier molecular flexibility index (Phi) is 4.37. The molecule has 0 bridgehead atoms. The van der Waals surface area contributed by atoms with Gasteiger partial charge in [0.1, 0.15) is 5.75 Å². The van der Waals surface area contributed by atoms with E-state index in [1.54, 1.807) is 24.3 Å². The monoisotopic (exact) mass is 310 g/mol. The first-order valence-corrected chi connectivity index (χ1v) is 6.47. The summed E-state index contributed by atoms with van der Waals surface area (Å²) < 4.78 is 5.14. The maximum absolute atomic E-state index is 12.3. The van der Waals surface area contributed by atoms with E-state index in [4.69, 9.17) is 33.7 Å². The first-order valence-electron chi connectivity index (χ1n) is 5.71. The van der Waals surface area contributed by atoms with E-state index in [0.717, 1.165) is 0 Å². The Morgan fingerprint density at radius 1 is 1.25 bits per heavy atom. The second-order valence-electron chi connectivity index (χ2n) is 4.05. The van der Waals surface area contributed by atoms with Gasteiger partial charge in [0.15, 0.2) is 0 Å². The predicted octanol–water partition coefficient (Wildman–Crippen LogP) is 3.84. The Labute approximate surface area is 126 Å². The van der Waals surface area contributed by atoms with E-state index in [0.29, 0.717) is 16.4 Å². The highest BCUT2D eigenvalue weighted by molar-refractivity contribution is 6.36. The van der Waals surface area contributed by atoms with Gasteiger partial charge in [0.25, 0.3) is 5.91 Å². The van der Waals surface area contributed by atoms with E-state index < -0.39 is 0 Å². The van der Waals surface area contributed by atoms with Gasteiger partial charge in [-0.3, -0.25) is 4.79 Å². The molecule has 0 aliphatic heterocycles. The zero-order chi connectivity index (χ0) is 14.7. The van der Waals surface area contributed by atoms with Crippen LogP contribution in [0, 0.1) is 0 Å². The first-order chi connectivity index (χ1) is 9.51. The van der Waals surface area contributed by atoms with Gasteiger partial charge in [0.2, 0.25) is 0 Å². The van der Waals surface area contributed by atoms with Gasteiger partial charge in [-0.1, -0.05) is 29.3 Å². The number of carbonyl (C=O) groups is 1. The number of amides is 1. The summed E-state index contributed by atoms with van der Waals surface area (Å²) in [5.41, 5.74) is 7.05. The lowest BCUT2D eigenvalue weighted by atomic mass is 10.1. The number of anilines is 2. The molecule has 0 saturated heterocycles. The molecule has 2 aromatic rings. The largest absolute Gasteiger partial charge is 0.494 e. The minimum atomic E-state index is -0.378. The molecule has 0 unspecified atom stereocenters. The number of hydrogen-bond acceptors (Lipinski definition) is 3. The van der Waals surface area contributed by atoms with Gasteiger partial charge in [-0.15, -0.1) is 0 Å². The molecule has 0 saturated carbocycles. The van der Waals surface area contributed by atoms with Crippen LogP contribution in [-0.2, 0) is 0 Å². The van der Waals surface area contributed by atoms with Crippen LogP contribution in [0.4, 0.5) is 11.4 Å². The third-order valence-electron chi connectivity index (χ3n) is 2.60. The van der Waals surface area contributed by atoms with E-state index in [1.807, 2.05) is 0 Å². The average Bonchev–Trinajstić information content (AvgIpc) is 2.37. The van der Waals surface area contributed by atoms with Crippen molar-refractivity contribution in [2.75, 3.05) is 18.2 Å². The van der Waals surface area contributed by atoms with Crippen molar-refractivity contribution in [2.24, 2.45) is 0 Å². The molecule has 6 heteroatoms. The molecule has 0 spiro atoms. The highest BCUT2D eigenvalue weighted by Crippen LogP contribution is 2.32. The fraction of sp³-hybridized carbons (Fsp3) is 0.0714. The molecule has 2 rings (SSSR count). The number of hydrogen-bond donors (Lipinski definition) is 2. The zero-order valence-corrected chi connectivity index (χ0v) is 12.1. The molecular weight excluding hydrogens is 299 g/mol. The van der Waals surface area contributed by atoms with Gasteiger partial charge in [-0.25, -0.2) is 0 Å². The molecule has 0 aromatic heterocycles. The quantitative estimate of drug-likeness (QED) is 0.847. The summed E-state index contributed by atoms with van der Waals surface area (Å²) in [7, 11) is 1.44. The number of ether oxygens (including phenoxy) is 1. The van der Waals surface area contributed by atoms with Crippen LogP contribution in [0.2, 0.25) is 10.0 Å². The molecule has 1 amide bonds. The maximum atomic E-state index is 12.3. The van der Waals surface area contributed by atoms with Crippen LogP contribution >= 0.6 is 23.2 Å². The summed E-state index contributed by atoms with van der Waals surface area (Å²) in [5, 5.41) is 3.34. The predicted molar refractivity (Wildman–Crippen MR) is 81.8 cm³/mol. The fourth-order valence-corrected chi connectivity index (χ4v) is 2.32. The number of halogens is 2. The molecule has 0 heterocycles. The topological polar surface area (TPSA) is 64.3 Å². The van der Waals surface area contributed by atoms with Crippen LogP contribution in [0.3, 0.4) is 0 Å². The summed E-state index contributed by atoms with van der Waals surface area (Å²) in [6.07, 6.45) is 0. The second kappa shape index (κ2) is 6.03.